The van der Waals surface area contributed by atoms with E-state index in [0.717, 1.165) is 32.1 Å². The number of aliphatic hydroxyl groups is 1. The number of hydrogen-bond acceptors (Lipinski definition) is 3. The van der Waals surface area contributed by atoms with E-state index >= 15 is 0 Å². The van der Waals surface area contributed by atoms with Gasteiger partial charge in [-0.3, -0.25) is 9.59 Å². The van der Waals surface area contributed by atoms with Crippen LogP contribution < -0.4 is 0 Å². The van der Waals surface area contributed by atoms with Crippen LogP contribution in [0.4, 0.5) is 0 Å². The summed E-state index contributed by atoms with van der Waals surface area (Å²) >= 11 is 0. The molecule has 0 bridgehead atoms. The van der Waals surface area contributed by atoms with Crippen molar-refractivity contribution in [1.82, 2.24) is 0 Å². The van der Waals surface area contributed by atoms with Gasteiger partial charge < -0.3 is 10.2 Å². The normalized spacial score (nSPS) is 49.1. The Morgan fingerprint density at radius 2 is 1.93 bits per heavy atom. The average molecular weight is 391 g/mol. The first-order valence-electron chi connectivity index (χ1n) is 11.6. The van der Waals surface area contributed by atoms with Crippen molar-refractivity contribution in [2.75, 3.05) is 0 Å². The van der Waals surface area contributed by atoms with E-state index in [0.29, 0.717) is 47.7 Å². The summed E-state index contributed by atoms with van der Waals surface area (Å²) in [6.45, 7) is 6.93. The summed E-state index contributed by atoms with van der Waals surface area (Å²) in [4.78, 5) is 23.1. The number of fused-ring (bicyclic) bond motifs is 5. The summed E-state index contributed by atoms with van der Waals surface area (Å²) in [5, 5.41) is 20.5. The molecule has 0 aromatic heterocycles. The van der Waals surface area contributed by atoms with Crippen LogP contribution in [0.5, 0.6) is 0 Å². The van der Waals surface area contributed by atoms with Crippen LogP contribution in [-0.4, -0.2) is 28.1 Å². The van der Waals surface area contributed by atoms with Crippen LogP contribution in [0.3, 0.4) is 0 Å². The van der Waals surface area contributed by atoms with Crippen LogP contribution in [-0.2, 0) is 9.59 Å². The van der Waals surface area contributed by atoms with Gasteiger partial charge in [0, 0.05) is 19.3 Å². The highest BCUT2D eigenvalue weighted by molar-refractivity contribution is 5.79. The van der Waals surface area contributed by atoms with E-state index < -0.39 is 5.97 Å². The second-order valence-corrected chi connectivity index (χ2v) is 11.1. The van der Waals surface area contributed by atoms with Crippen molar-refractivity contribution in [2.24, 2.45) is 46.3 Å². The van der Waals surface area contributed by atoms with Crippen molar-refractivity contribution in [3.05, 3.63) is 0 Å². The summed E-state index contributed by atoms with van der Waals surface area (Å²) < 4.78 is 0. The third-order valence-electron chi connectivity index (χ3n) is 10.2. The highest BCUT2D eigenvalue weighted by Gasteiger charge is 2.63. The molecule has 4 fully saturated rings. The number of rotatable bonds is 4. The van der Waals surface area contributed by atoms with Gasteiger partial charge in [0.15, 0.2) is 0 Å². The number of carboxylic acid groups (broad SMARTS) is 1. The maximum absolute atomic E-state index is 12.1. The van der Waals surface area contributed by atoms with Gasteiger partial charge in [0.2, 0.25) is 0 Å². The summed E-state index contributed by atoms with van der Waals surface area (Å²) in [6, 6.07) is 0. The topological polar surface area (TPSA) is 74.6 Å². The fourth-order valence-electron chi connectivity index (χ4n) is 8.52. The lowest BCUT2D eigenvalue weighted by Gasteiger charge is -2.62. The lowest BCUT2D eigenvalue weighted by molar-refractivity contribution is -0.171. The molecular weight excluding hydrogens is 352 g/mol. The third kappa shape index (κ3) is 2.97. The molecule has 0 saturated heterocycles. The van der Waals surface area contributed by atoms with Gasteiger partial charge in [-0.1, -0.05) is 20.8 Å². The molecule has 4 heteroatoms. The largest absolute Gasteiger partial charge is 0.481 e. The van der Waals surface area contributed by atoms with E-state index in [1.807, 2.05) is 0 Å². The van der Waals surface area contributed by atoms with Crippen molar-refractivity contribution >= 4 is 11.8 Å². The molecule has 0 amide bonds. The molecule has 4 saturated carbocycles. The van der Waals surface area contributed by atoms with Gasteiger partial charge in [0.25, 0.3) is 0 Å². The van der Waals surface area contributed by atoms with Crippen LogP contribution in [0.15, 0.2) is 0 Å². The molecule has 0 spiro atoms. The number of carbonyl (C=O) groups is 2. The zero-order valence-corrected chi connectivity index (χ0v) is 17.8. The number of Topliss-reactive ketones (excluding diaryl/α,β-unsaturated/α-hetero) is 1. The SMILES string of the molecule is C[C@H](CCC(=O)O)[C@H]1CC[C@H]2[C@@H]3CC[C@H]4CC(=O)CC[C@]4(C)[C@H]3C[C@H](O)[C@]12C. The van der Waals surface area contributed by atoms with Crippen LogP contribution in [0, 0.1) is 46.3 Å². The molecule has 0 unspecified atom stereocenters. The van der Waals surface area contributed by atoms with Gasteiger partial charge in [-0.2, -0.15) is 0 Å². The predicted molar refractivity (Wildman–Crippen MR) is 108 cm³/mol. The maximum Gasteiger partial charge on any atom is 0.303 e. The Kier molecular flexibility index (Phi) is 5.17. The van der Waals surface area contributed by atoms with Crippen LogP contribution in [0.2, 0.25) is 0 Å². The van der Waals surface area contributed by atoms with E-state index in [1.54, 1.807) is 0 Å². The Morgan fingerprint density at radius 1 is 1.18 bits per heavy atom. The lowest BCUT2D eigenvalue weighted by Crippen LogP contribution is -2.58. The van der Waals surface area contributed by atoms with Crippen molar-refractivity contribution < 1.29 is 19.8 Å². The Hall–Kier alpha value is -0.900. The second-order valence-electron chi connectivity index (χ2n) is 11.1. The zero-order chi connectivity index (χ0) is 20.3. The van der Waals surface area contributed by atoms with Crippen molar-refractivity contribution in [2.45, 2.75) is 91.1 Å². The van der Waals surface area contributed by atoms with Crippen LogP contribution in [0.25, 0.3) is 0 Å². The molecule has 2 N–H and O–H groups in total. The van der Waals surface area contributed by atoms with E-state index in [9.17, 15) is 14.7 Å². The number of aliphatic carboxylic acids is 1. The van der Waals surface area contributed by atoms with Crippen LogP contribution >= 0.6 is 0 Å². The molecule has 0 heterocycles. The molecule has 4 aliphatic rings. The minimum atomic E-state index is -0.714. The Morgan fingerprint density at radius 3 is 2.64 bits per heavy atom. The van der Waals surface area contributed by atoms with Gasteiger partial charge in [-0.05, 0) is 91.3 Å². The van der Waals surface area contributed by atoms with Crippen LogP contribution in [0.1, 0.15) is 85.0 Å². The Labute approximate surface area is 169 Å². The van der Waals surface area contributed by atoms with Gasteiger partial charge in [-0.15, -0.1) is 0 Å². The molecule has 4 nitrogen and oxygen atoms in total. The molecule has 4 aliphatic carbocycles. The molecule has 28 heavy (non-hydrogen) atoms. The maximum atomic E-state index is 12.1. The average Bonchev–Trinajstić information content (AvgIpc) is 3.00. The zero-order valence-electron chi connectivity index (χ0n) is 17.8. The summed E-state index contributed by atoms with van der Waals surface area (Å²) in [7, 11) is 0. The second kappa shape index (κ2) is 7.11. The molecule has 158 valence electrons. The molecule has 0 aromatic carbocycles. The number of carbonyl (C=O) groups excluding carboxylic acids is 1. The number of ketones is 1. The minimum absolute atomic E-state index is 0.0766. The first-order valence-corrected chi connectivity index (χ1v) is 11.6. The molecule has 9 atom stereocenters. The van der Waals surface area contributed by atoms with Crippen molar-refractivity contribution in [1.29, 1.82) is 0 Å². The van der Waals surface area contributed by atoms with E-state index in [-0.39, 0.29) is 23.4 Å². The highest BCUT2D eigenvalue weighted by atomic mass is 16.4. The Balaban J connectivity index is 1.57. The number of aliphatic hydroxyl groups excluding tert-OH is 1. The molecule has 4 rings (SSSR count). The predicted octanol–water partition coefficient (Wildman–Crippen LogP) is 4.69. The lowest BCUT2D eigenvalue weighted by atomic mass is 9.44. The van der Waals surface area contributed by atoms with E-state index in [4.69, 9.17) is 5.11 Å². The van der Waals surface area contributed by atoms with E-state index in [1.165, 1.54) is 19.3 Å². The monoisotopic (exact) mass is 390 g/mol. The van der Waals surface area contributed by atoms with Gasteiger partial charge in [0.1, 0.15) is 5.78 Å². The summed E-state index contributed by atoms with van der Waals surface area (Å²) in [5.41, 5.74) is 0.138. The highest BCUT2D eigenvalue weighted by Crippen LogP contribution is 2.68. The first kappa shape index (κ1) is 20.4. The minimum Gasteiger partial charge on any atom is -0.481 e. The standard InChI is InChI=1S/C24H38O4/c1-14(4-9-22(27)28)18-7-8-19-17-6-5-15-12-16(25)10-11-23(15,2)20(17)13-21(26)24(18,19)3/h14-15,17-21,26H,4-13H2,1-3H3,(H,27,28)/t14-,15+,17+,18-,19+,20+,21+,23+,24-/m1/s1. The first-order chi connectivity index (χ1) is 13.2. The van der Waals surface area contributed by atoms with E-state index in [2.05, 4.69) is 20.8 Å². The molecule has 0 aromatic rings. The number of carboxylic acids is 1. The molecule has 0 aliphatic heterocycles. The fraction of sp³-hybridized carbons (Fsp3) is 0.917. The third-order valence-corrected chi connectivity index (χ3v) is 10.2. The quantitative estimate of drug-likeness (QED) is 0.730. The molecule has 0 radical (unpaired) electrons. The van der Waals surface area contributed by atoms with Gasteiger partial charge >= 0.3 is 5.97 Å². The molecular formula is C24H38O4. The number of hydrogen-bond donors (Lipinski definition) is 2. The van der Waals surface area contributed by atoms with Crippen molar-refractivity contribution in [3.8, 4) is 0 Å². The van der Waals surface area contributed by atoms with Gasteiger partial charge in [0.05, 0.1) is 6.10 Å². The smallest absolute Gasteiger partial charge is 0.303 e. The van der Waals surface area contributed by atoms with Crippen molar-refractivity contribution in [3.63, 3.8) is 0 Å². The fourth-order valence-corrected chi connectivity index (χ4v) is 8.52. The van der Waals surface area contributed by atoms with Gasteiger partial charge in [-0.25, -0.2) is 0 Å². The summed E-state index contributed by atoms with van der Waals surface area (Å²) in [6.07, 6.45) is 8.69. The Bertz CT molecular complexity index is 645. The summed E-state index contributed by atoms with van der Waals surface area (Å²) in [5.74, 6) is 2.76.